The van der Waals surface area contributed by atoms with Crippen molar-refractivity contribution in [2.45, 2.75) is 22.7 Å². The lowest BCUT2D eigenvalue weighted by Gasteiger charge is -2.40. The second kappa shape index (κ2) is 8.75. The molecule has 3 heterocycles. The number of carbonyl (C=O) groups is 2. The highest BCUT2D eigenvalue weighted by Crippen LogP contribution is 2.41. The largest absolute Gasteiger partial charge is 0.356 e. The number of amides is 1. The minimum atomic E-state index is -4.12. The molecule has 2 aromatic carbocycles. The monoisotopic (exact) mass is 549 g/mol. The van der Waals surface area contributed by atoms with Crippen LogP contribution in [0.15, 0.2) is 69.9 Å². The Labute approximate surface area is 211 Å². The first-order valence-corrected chi connectivity index (χ1v) is 15.1. The Bertz CT molecular complexity index is 1550. The molecule has 3 unspecified atom stereocenters. The van der Waals surface area contributed by atoms with Gasteiger partial charge in [0.05, 0.1) is 33.5 Å². The number of benzene rings is 2. The molecule has 0 radical (unpaired) electrons. The van der Waals surface area contributed by atoms with Crippen molar-refractivity contribution in [2.24, 2.45) is 5.92 Å². The van der Waals surface area contributed by atoms with Crippen LogP contribution in [-0.2, 0) is 36.0 Å². The van der Waals surface area contributed by atoms with Gasteiger partial charge in [0.25, 0.3) is 0 Å². The number of hydrogen-bond donors (Lipinski definition) is 2. The number of Topliss-reactive ketones (excluding diaryl/α,β-unsaturated/α-hetero) is 1. The first-order valence-electron chi connectivity index (χ1n) is 10.7. The molecule has 0 bridgehead atoms. The second-order valence-electron chi connectivity index (χ2n) is 8.63. The number of fused-ring (bicyclic) bond motifs is 2. The van der Waals surface area contributed by atoms with E-state index in [0.717, 1.165) is 11.7 Å². The normalized spacial score (nSPS) is 24.6. The van der Waals surface area contributed by atoms with Crippen molar-refractivity contribution in [3.05, 3.63) is 76.4 Å². The van der Waals surface area contributed by atoms with Gasteiger partial charge in [-0.2, -0.15) is 0 Å². The van der Waals surface area contributed by atoms with E-state index in [1.165, 1.54) is 47.0 Å². The van der Waals surface area contributed by atoms with Crippen LogP contribution >= 0.6 is 11.8 Å². The van der Waals surface area contributed by atoms with Gasteiger partial charge in [-0.1, -0.05) is 18.2 Å². The number of likely N-dealkylation sites (tertiary alicyclic amines) is 1. The summed E-state index contributed by atoms with van der Waals surface area (Å²) in [5.74, 6) is -2.77. The third-order valence-electron chi connectivity index (χ3n) is 6.00. The van der Waals surface area contributed by atoms with E-state index < -0.39 is 54.6 Å². The SMILES string of the molecule is CS(=O)(=O)Nc1ccc2c(c1)S(=O)(=O)C=C(C1C(=O)C3SC=CC3N(Cc3ccc(F)cc3)C1=O)N2. The molecule has 0 aromatic heterocycles. The van der Waals surface area contributed by atoms with Gasteiger partial charge < -0.3 is 10.2 Å². The minimum Gasteiger partial charge on any atom is -0.356 e. The lowest BCUT2D eigenvalue weighted by Crippen LogP contribution is -2.57. The molecule has 1 fully saturated rings. The molecule has 1 amide bonds. The van der Waals surface area contributed by atoms with E-state index in [2.05, 4.69) is 10.0 Å². The predicted molar refractivity (Wildman–Crippen MR) is 134 cm³/mol. The number of halogens is 1. The van der Waals surface area contributed by atoms with Crippen LogP contribution in [0.2, 0.25) is 0 Å². The van der Waals surface area contributed by atoms with Gasteiger partial charge in [0.15, 0.2) is 5.78 Å². The number of rotatable bonds is 5. The number of hydrogen-bond acceptors (Lipinski definition) is 8. The molecular weight excluding hydrogens is 529 g/mol. The topological polar surface area (TPSA) is 130 Å². The minimum absolute atomic E-state index is 0.0602. The number of nitrogens with zero attached hydrogens (tertiary/aromatic N) is 1. The van der Waals surface area contributed by atoms with Gasteiger partial charge in [-0.05, 0) is 41.3 Å². The van der Waals surface area contributed by atoms with Crippen molar-refractivity contribution in [1.82, 2.24) is 4.90 Å². The van der Waals surface area contributed by atoms with Gasteiger partial charge in [-0.15, -0.1) is 11.8 Å². The third kappa shape index (κ3) is 4.53. The van der Waals surface area contributed by atoms with E-state index in [4.69, 9.17) is 0 Å². The summed E-state index contributed by atoms with van der Waals surface area (Å²) in [5, 5.41) is 4.88. The van der Waals surface area contributed by atoms with E-state index in [0.29, 0.717) is 5.56 Å². The van der Waals surface area contributed by atoms with Crippen molar-refractivity contribution in [2.75, 3.05) is 16.3 Å². The van der Waals surface area contributed by atoms with Crippen molar-refractivity contribution in [3.63, 3.8) is 0 Å². The van der Waals surface area contributed by atoms with Crippen LogP contribution in [0.1, 0.15) is 5.56 Å². The molecule has 3 aliphatic rings. The van der Waals surface area contributed by atoms with Crippen molar-refractivity contribution in [1.29, 1.82) is 0 Å². The molecule has 0 saturated carbocycles. The van der Waals surface area contributed by atoms with Gasteiger partial charge >= 0.3 is 0 Å². The maximum atomic E-state index is 13.6. The number of sulfonamides is 1. The number of ketones is 1. The highest BCUT2D eigenvalue weighted by molar-refractivity contribution is 8.03. The van der Waals surface area contributed by atoms with E-state index >= 15 is 0 Å². The summed E-state index contributed by atoms with van der Waals surface area (Å²) in [6.45, 7) is 0.117. The summed E-state index contributed by atoms with van der Waals surface area (Å²) in [6, 6.07) is 9.08. The van der Waals surface area contributed by atoms with E-state index in [1.54, 1.807) is 23.6 Å². The molecule has 5 rings (SSSR count). The van der Waals surface area contributed by atoms with Crippen LogP contribution in [0.3, 0.4) is 0 Å². The fourth-order valence-electron chi connectivity index (χ4n) is 4.44. The van der Waals surface area contributed by atoms with Gasteiger partial charge in [-0.25, -0.2) is 21.2 Å². The van der Waals surface area contributed by atoms with Gasteiger partial charge in [0.1, 0.15) is 11.7 Å². The Morgan fingerprint density at radius 2 is 1.86 bits per heavy atom. The van der Waals surface area contributed by atoms with Crippen LogP contribution in [0.4, 0.5) is 15.8 Å². The molecule has 0 spiro atoms. The number of carbonyl (C=O) groups excluding carboxylic acids is 2. The number of piperidine rings is 1. The molecule has 3 atom stereocenters. The highest BCUT2D eigenvalue weighted by Gasteiger charge is 2.51. The zero-order valence-corrected chi connectivity index (χ0v) is 21.2. The van der Waals surface area contributed by atoms with E-state index in [9.17, 15) is 30.8 Å². The maximum absolute atomic E-state index is 13.6. The molecule has 2 N–H and O–H groups in total. The lowest BCUT2D eigenvalue weighted by atomic mass is 9.87. The van der Waals surface area contributed by atoms with Crippen LogP contribution in [0.25, 0.3) is 0 Å². The molecule has 188 valence electrons. The number of anilines is 2. The van der Waals surface area contributed by atoms with Gasteiger partial charge in [0, 0.05) is 17.9 Å². The predicted octanol–water partition coefficient (Wildman–Crippen LogP) is 2.46. The van der Waals surface area contributed by atoms with Gasteiger partial charge in [0.2, 0.25) is 25.8 Å². The van der Waals surface area contributed by atoms with Crippen LogP contribution < -0.4 is 10.0 Å². The zero-order valence-electron chi connectivity index (χ0n) is 18.7. The van der Waals surface area contributed by atoms with Crippen molar-refractivity contribution in [3.8, 4) is 0 Å². The van der Waals surface area contributed by atoms with E-state index in [-0.39, 0.29) is 28.5 Å². The number of nitrogens with one attached hydrogen (secondary N) is 2. The Morgan fingerprint density at radius 3 is 2.56 bits per heavy atom. The summed E-state index contributed by atoms with van der Waals surface area (Å²) in [6.07, 6.45) is 2.70. The summed E-state index contributed by atoms with van der Waals surface area (Å²) < 4.78 is 64.9. The van der Waals surface area contributed by atoms with Crippen molar-refractivity contribution >= 4 is 54.7 Å². The Balaban J connectivity index is 1.50. The standard InChI is InChI=1S/C23H20FN3O6S3/c1-35(30,31)26-15-6-7-16-19(10-15)36(32,33)12-17(25-16)20-21(28)22-18(8-9-34-22)27(23(20)29)11-13-2-4-14(24)5-3-13/h2-10,12,18,20,22,25-26H,11H2,1H3. The smallest absolute Gasteiger partial charge is 0.240 e. The quantitative estimate of drug-likeness (QED) is 0.544. The maximum Gasteiger partial charge on any atom is 0.240 e. The Morgan fingerprint density at radius 1 is 1.14 bits per heavy atom. The molecule has 36 heavy (non-hydrogen) atoms. The van der Waals surface area contributed by atoms with Gasteiger partial charge in [-0.3, -0.25) is 14.3 Å². The lowest BCUT2D eigenvalue weighted by molar-refractivity contribution is -0.146. The van der Waals surface area contributed by atoms with Crippen molar-refractivity contribution < 1.29 is 30.8 Å². The summed E-state index contributed by atoms with van der Waals surface area (Å²) in [5.41, 5.74) is 0.773. The zero-order chi connectivity index (χ0) is 25.8. The molecule has 13 heteroatoms. The molecule has 1 saturated heterocycles. The Kier molecular flexibility index (Phi) is 5.96. The average molecular weight is 550 g/mol. The first-order chi connectivity index (χ1) is 16.9. The summed E-state index contributed by atoms with van der Waals surface area (Å²) in [7, 11) is -7.75. The fraction of sp³-hybridized carbons (Fsp3) is 0.217. The molecular formula is C23H20FN3O6S3. The van der Waals surface area contributed by atoms with Crippen LogP contribution in [0.5, 0.6) is 0 Å². The fourth-order valence-corrected chi connectivity index (χ4v) is 7.46. The highest BCUT2D eigenvalue weighted by atomic mass is 32.2. The molecule has 3 aliphatic heterocycles. The van der Waals surface area contributed by atoms with Crippen LogP contribution in [-0.4, -0.2) is 51.0 Å². The van der Waals surface area contributed by atoms with E-state index in [1.807, 2.05) is 0 Å². The summed E-state index contributed by atoms with van der Waals surface area (Å²) >= 11 is 1.26. The average Bonchev–Trinajstić information content (AvgIpc) is 3.27. The second-order valence-corrected chi connectivity index (χ2v) is 13.2. The molecule has 2 aromatic rings. The number of thioether (sulfide) groups is 1. The third-order valence-corrected chi connectivity index (χ3v) is 9.24. The first kappa shape index (κ1) is 24.5. The molecule has 9 nitrogen and oxygen atoms in total. The molecule has 0 aliphatic carbocycles. The Hall–Kier alpha value is -3.16. The van der Waals surface area contributed by atoms with Crippen LogP contribution in [0, 0.1) is 11.7 Å². The number of sulfone groups is 1. The summed E-state index contributed by atoms with van der Waals surface area (Å²) in [4.78, 5) is 28.3.